The van der Waals surface area contributed by atoms with Crippen molar-refractivity contribution in [3.05, 3.63) is 70.8 Å². The van der Waals surface area contributed by atoms with Crippen LogP contribution in [-0.2, 0) is 18.4 Å². The van der Waals surface area contributed by atoms with Crippen molar-refractivity contribution in [2.24, 2.45) is 0 Å². The number of hydrogen-bond donors (Lipinski definition) is 0. The summed E-state index contributed by atoms with van der Waals surface area (Å²) in [5.74, 6) is 1.67. The smallest absolute Gasteiger partial charge is 0.168 e. The van der Waals surface area contributed by atoms with Gasteiger partial charge in [-0.15, -0.1) is 0 Å². The van der Waals surface area contributed by atoms with Gasteiger partial charge < -0.3 is 9.47 Å². The van der Waals surface area contributed by atoms with Gasteiger partial charge in [0.25, 0.3) is 0 Å². The molecule has 3 aromatic rings. The predicted molar refractivity (Wildman–Crippen MR) is 112 cm³/mol. The fraction of sp³-hybridized carbons (Fsp3) is 0.360. The minimum Gasteiger partial charge on any atom is -0.492 e. The van der Waals surface area contributed by atoms with Crippen molar-refractivity contribution in [3.8, 4) is 11.5 Å². The van der Waals surface area contributed by atoms with Crippen LogP contribution in [0, 0.1) is 6.92 Å². The molecule has 0 aliphatic heterocycles. The van der Waals surface area contributed by atoms with Crippen LogP contribution in [0.1, 0.15) is 48.9 Å². The first-order valence-electron chi connectivity index (χ1n) is 9.81. The van der Waals surface area contributed by atoms with Gasteiger partial charge in [-0.2, -0.15) is 0 Å². The Balaban J connectivity index is 1.80. The van der Waals surface area contributed by atoms with E-state index in [1.54, 1.807) is 7.11 Å². The fourth-order valence-corrected chi connectivity index (χ4v) is 4.50. The van der Waals surface area contributed by atoms with E-state index < -0.39 is 0 Å². The Morgan fingerprint density at radius 1 is 1.04 bits per heavy atom. The molecule has 0 N–H and O–H groups in total. The van der Waals surface area contributed by atoms with E-state index in [9.17, 15) is 0 Å². The second-order valence-electron chi connectivity index (χ2n) is 8.23. The zero-order valence-corrected chi connectivity index (χ0v) is 16.8. The van der Waals surface area contributed by atoms with Crippen molar-refractivity contribution in [2.45, 2.75) is 52.1 Å². The third-order valence-electron chi connectivity index (χ3n) is 6.01. The summed E-state index contributed by atoms with van der Waals surface area (Å²) in [6.07, 6.45) is 3.65. The normalized spacial score (nSPS) is 15.4. The van der Waals surface area contributed by atoms with E-state index in [2.05, 4.69) is 45.0 Å². The topological polar surface area (TPSA) is 18.5 Å². The SMILES string of the molecule is COc1c(OCc2ccccc2)ccc2cc3c(c(C)c12)CCCC3(C)C. The number of ether oxygens (including phenoxy) is 2. The van der Waals surface area contributed by atoms with Gasteiger partial charge >= 0.3 is 0 Å². The highest BCUT2D eigenvalue weighted by molar-refractivity contribution is 5.95. The molecule has 0 saturated heterocycles. The molecule has 3 aromatic carbocycles. The monoisotopic (exact) mass is 360 g/mol. The van der Waals surface area contributed by atoms with E-state index >= 15 is 0 Å². The van der Waals surface area contributed by atoms with Gasteiger partial charge in [-0.25, -0.2) is 0 Å². The standard InChI is InChI=1S/C25H28O2/c1-17-20-11-8-14-25(2,3)21(20)15-19-12-13-22(24(26-4)23(17)19)27-16-18-9-6-5-7-10-18/h5-7,9-10,12-13,15H,8,11,14,16H2,1-4H3. The van der Waals surface area contributed by atoms with Gasteiger partial charge in [-0.1, -0.05) is 56.3 Å². The molecule has 2 nitrogen and oxygen atoms in total. The van der Waals surface area contributed by atoms with Crippen LogP contribution in [0.4, 0.5) is 0 Å². The zero-order valence-electron chi connectivity index (χ0n) is 16.8. The fourth-order valence-electron chi connectivity index (χ4n) is 4.50. The maximum Gasteiger partial charge on any atom is 0.168 e. The molecule has 27 heavy (non-hydrogen) atoms. The lowest BCUT2D eigenvalue weighted by atomic mass is 9.71. The van der Waals surface area contributed by atoms with Crippen molar-refractivity contribution >= 4 is 10.8 Å². The summed E-state index contributed by atoms with van der Waals surface area (Å²) in [5.41, 5.74) is 5.74. The van der Waals surface area contributed by atoms with Crippen LogP contribution in [0.5, 0.6) is 11.5 Å². The Morgan fingerprint density at radius 3 is 2.56 bits per heavy atom. The highest BCUT2D eigenvalue weighted by atomic mass is 16.5. The van der Waals surface area contributed by atoms with Crippen LogP contribution in [0.15, 0.2) is 48.5 Å². The molecule has 0 spiro atoms. The first-order chi connectivity index (χ1) is 13.0. The Hall–Kier alpha value is -2.48. The molecule has 1 aliphatic carbocycles. The predicted octanol–water partition coefficient (Wildman–Crippen LogP) is 6.35. The summed E-state index contributed by atoms with van der Waals surface area (Å²) in [6.45, 7) is 7.52. The van der Waals surface area contributed by atoms with E-state index in [0.717, 1.165) is 23.5 Å². The second kappa shape index (κ2) is 6.92. The van der Waals surface area contributed by atoms with Gasteiger partial charge in [-0.3, -0.25) is 0 Å². The van der Waals surface area contributed by atoms with Gasteiger partial charge in [-0.05, 0) is 65.3 Å². The molecule has 140 valence electrons. The first kappa shape index (κ1) is 17.9. The Morgan fingerprint density at radius 2 is 1.81 bits per heavy atom. The number of hydrogen-bond acceptors (Lipinski definition) is 2. The van der Waals surface area contributed by atoms with Gasteiger partial charge in [0.2, 0.25) is 0 Å². The number of fused-ring (bicyclic) bond motifs is 2. The average molecular weight is 360 g/mol. The molecule has 0 aromatic heterocycles. The summed E-state index contributed by atoms with van der Waals surface area (Å²) in [4.78, 5) is 0. The molecular weight excluding hydrogens is 332 g/mol. The van der Waals surface area contributed by atoms with Crippen LogP contribution in [0.25, 0.3) is 10.8 Å². The number of rotatable bonds is 4. The van der Waals surface area contributed by atoms with Crippen LogP contribution in [-0.4, -0.2) is 7.11 Å². The van der Waals surface area contributed by atoms with Crippen LogP contribution in [0.3, 0.4) is 0 Å². The Kier molecular flexibility index (Phi) is 4.59. The third-order valence-corrected chi connectivity index (χ3v) is 6.01. The van der Waals surface area contributed by atoms with Crippen molar-refractivity contribution in [2.75, 3.05) is 7.11 Å². The van der Waals surface area contributed by atoms with Crippen molar-refractivity contribution in [1.82, 2.24) is 0 Å². The molecule has 4 rings (SSSR count). The quantitative estimate of drug-likeness (QED) is 0.540. The van der Waals surface area contributed by atoms with Crippen molar-refractivity contribution in [3.63, 3.8) is 0 Å². The summed E-state index contributed by atoms with van der Waals surface area (Å²) < 4.78 is 12.0. The molecule has 0 atom stereocenters. The Labute approximate surface area is 162 Å². The number of aryl methyl sites for hydroxylation is 1. The van der Waals surface area contributed by atoms with Gasteiger partial charge in [0.15, 0.2) is 11.5 Å². The summed E-state index contributed by atoms with van der Waals surface area (Å²) in [5, 5.41) is 2.43. The first-order valence-corrected chi connectivity index (χ1v) is 9.81. The molecular formula is C25H28O2. The average Bonchev–Trinajstić information content (AvgIpc) is 2.67. The molecule has 0 fully saturated rings. The maximum atomic E-state index is 6.14. The van der Waals surface area contributed by atoms with Gasteiger partial charge in [0.1, 0.15) is 6.61 Å². The van der Waals surface area contributed by atoms with E-state index in [1.807, 2.05) is 24.3 Å². The third kappa shape index (κ3) is 3.18. The lowest BCUT2D eigenvalue weighted by molar-refractivity contribution is 0.286. The minimum absolute atomic E-state index is 0.238. The van der Waals surface area contributed by atoms with Gasteiger partial charge in [0.05, 0.1) is 7.11 Å². The Bertz CT molecular complexity index is 971. The largest absolute Gasteiger partial charge is 0.492 e. The summed E-state index contributed by atoms with van der Waals surface area (Å²) >= 11 is 0. The van der Waals surface area contributed by atoms with Crippen molar-refractivity contribution < 1.29 is 9.47 Å². The molecule has 0 heterocycles. The van der Waals surface area contributed by atoms with E-state index in [0.29, 0.717) is 6.61 Å². The van der Waals surface area contributed by atoms with Gasteiger partial charge in [0, 0.05) is 5.39 Å². The molecule has 0 unspecified atom stereocenters. The molecule has 2 heteroatoms. The summed E-state index contributed by atoms with van der Waals surface area (Å²) in [7, 11) is 1.74. The highest BCUT2D eigenvalue weighted by Crippen LogP contribution is 2.45. The minimum atomic E-state index is 0.238. The van der Waals surface area contributed by atoms with E-state index in [4.69, 9.17) is 9.47 Å². The maximum absolute atomic E-state index is 6.14. The second-order valence-corrected chi connectivity index (χ2v) is 8.23. The van der Waals surface area contributed by atoms with Crippen LogP contribution < -0.4 is 9.47 Å². The molecule has 0 saturated carbocycles. The molecule has 0 bridgehead atoms. The zero-order chi connectivity index (χ0) is 19.0. The lowest BCUT2D eigenvalue weighted by Gasteiger charge is -2.34. The molecule has 0 amide bonds. The van der Waals surface area contributed by atoms with Crippen LogP contribution in [0.2, 0.25) is 0 Å². The lowest BCUT2D eigenvalue weighted by Crippen LogP contribution is -2.24. The molecule has 0 radical (unpaired) electrons. The highest BCUT2D eigenvalue weighted by Gasteiger charge is 2.30. The number of methoxy groups -OCH3 is 1. The number of benzene rings is 3. The van der Waals surface area contributed by atoms with E-state index in [-0.39, 0.29) is 5.41 Å². The molecule has 1 aliphatic rings. The van der Waals surface area contributed by atoms with Crippen LogP contribution >= 0.6 is 0 Å². The van der Waals surface area contributed by atoms with Crippen molar-refractivity contribution in [1.29, 1.82) is 0 Å². The summed E-state index contributed by atoms with van der Waals surface area (Å²) in [6, 6.07) is 16.9. The van der Waals surface area contributed by atoms with E-state index in [1.165, 1.54) is 40.3 Å².